The molecule has 1 atom stereocenters. The van der Waals surface area contributed by atoms with Crippen LogP contribution < -0.4 is 4.73 Å². The largest absolute Gasteiger partial charge is 0.618 e. The lowest BCUT2D eigenvalue weighted by atomic mass is 10.0. The first-order chi connectivity index (χ1) is 18.5. The third-order valence-corrected chi connectivity index (χ3v) is 7.03. The summed E-state index contributed by atoms with van der Waals surface area (Å²) < 4.78 is 4.25. The summed E-state index contributed by atoms with van der Waals surface area (Å²) in [6.45, 7) is 0. The number of aromatic nitrogens is 7. The van der Waals surface area contributed by atoms with Gasteiger partial charge < -0.3 is 10.3 Å². The second-order valence-corrected chi connectivity index (χ2v) is 9.81. The van der Waals surface area contributed by atoms with Crippen molar-refractivity contribution in [2.75, 3.05) is 0 Å². The van der Waals surface area contributed by atoms with Gasteiger partial charge in [0.25, 0.3) is 0 Å². The summed E-state index contributed by atoms with van der Waals surface area (Å²) in [4.78, 5) is 11.2. The van der Waals surface area contributed by atoms with Crippen LogP contribution in [0, 0.1) is 11.1 Å². The number of carbonyl (C=O) groups is 1. The number of hydrogen-bond donors (Lipinski definition) is 1. The fourth-order valence-corrected chi connectivity index (χ4v) is 4.79. The molecule has 3 heterocycles. The van der Waals surface area contributed by atoms with Crippen molar-refractivity contribution >= 4 is 17.6 Å². The van der Waals surface area contributed by atoms with Crippen molar-refractivity contribution in [3.8, 4) is 27.9 Å². The molecule has 6 rings (SSSR count). The summed E-state index contributed by atoms with van der Waals surface area (Å²) in [5, 5.41) is 39.1. The van der Waals surface area contributed by atoms with Crippen LogP contribution in [0.4, 0.5) is 0 Å². The molecule has 0 aliphatic heterocycles. The highest BCUT2D eigenvalue weighted by atomic mass is 35.5. The van der Waals surface area contributed by atoms with Gasteiger partial charge in [-0.2, -0.15) is 14.5 Å². The maximum absolute atomic E-state index is 13.4. The fraction of sp³-hybridized carbons (Fsp3) is 0.185. The Bertz CT molecular complexity index is 1610. The highest BCUT2D eigenvalue weighted by molar-refractivity contribution is 6.31. The lowest BCUT2D eigenvalue weighted by Gasteiger charge is -2.18. The summed E-state index contributed by atoms with van der Waals surface area (Å²) in [5.41, 5.74) is 4.63. The van der Waals surface area contributed by atoms with Crippen molar-refractivity contribution in [1.29, 1.82) is 0 Å². The van der Waals surface area contributed by atoms with Crippen molar-refractivity contribution in [1.82, 2.24) is 30.0 Å². The van der Waals surface area contributed by atoms with Gasteiger partial charge in [-0.25, -0.2) is 4.79 Å². The van der Waals surface area contributed by atoms with E-state index in [0.717, 1.165) is 40.7 Å². The maximum atomic E-state index is 13.4. The molecule has 1 aliphatic carbocycles. The van der Waals surface area contributed by atoms with E-state index < -0.39 is 5.97 Å². The van der Waals surface area contributed by atoms with Crippen molar-refractivity contribution in [3.63, 3.8) is 0 Å². The number of nitrogens with zero attached hydrogens (tertiary/aromatic N) is 7. The topological polar surface area (TPSA) is 126 Å². The molecule has 1 unspecified atom stereocenters. The van der Waals surface area contributed by atoms with Gasteiger partial charge in [0, 0.05) is 34.0 Å². The molecule has 0 amide bonds. The van der Waals surface area contributed by atoms with Gasteiger partial charge in [-0.3, -0.25) is 4.68 Å². The van der Waals surface area contributed by atoms with E-state index in [4.69, 9.17) is 16.7 Å². The zero-order chi connectivity index (χ0) is 26.2. The minimum Gasteiger partial charge on any atom is -0.618 e. The maximum Gasteiger partial charge on any atom is 0.335 e. The molecule has 0 spiro atoms. The molecule has 5 aromatic rings. The average Bonchev–Trinajstić information content (AvgIpc) is 3.36. The lowest BCUT2D eigenvalue weighted by molar-refractivity contribution is -0.615. The predicted molar refractivity (Wildman–Crippen MR) is 139 cm³/mol. The van der Waals surface area contributed by atoms with Crippen LogP contribution in [0.1, 0.15) is 41.4 Å². The first-order valence-corrected chi connectivity index (χ1v) is 12.5. The number of benzene rings is 2. The molecule has 2 aromatic carbocycles. The summed E-state index contributed by atoms with van der Waals surface area (Å²) in [7, 11) is 0. The monoisotopic (exact) mass is 527 g/mol. The second-order valence-electron chi connectivity index (χ2n) is 9.37. The first-order valence-electron chi connectivity index (χ1n) is 12.1. The van der Waals surface area contributed by atoms with E-state index >= 15 is 0 Å². The third-order valence-electron chi connectivity index (χ3n) is 6.79. The highest BCUT2D eigenvalue weighted by Gasteiger charge is 2.32. The van der Waals surface area contributed by atoms with E-state index in [2.05, 4.69) is 20.6 Å². The highest BCUT2D eigenvalue weighted by Crippen LogP contribution is 2.39. The smallest absolute Gasteiger partial charge is 0.335 e. The van der Waals surface area contributed by atoms with Gasteiger partial charge in [-0.05, 0) is 64.7 Å². The van der Waals surface area contributed by atoms with Crippen LogP contribution in [-0.2, 0) is 0 Å². The summed E-state index contributed by atoms with van der Waals surface area (Å²) >= 11 is 6.28. The van der Waals surface area contributed by atoms with E-state index in [9.17, 15) is 10.0 Å². The van der Waals surface area contributed by atoms with Crippen molar-refractivity contribution in [3.05, 3.63) is 101 Å². The molecule has 1 aliphatic rings. The number of carboxylic acids is 1. The molecule has 1 N–H and O–H groups in total. The Morgan fingerprint density at radius 2 is 1.89 bits per heavy atom. The molecule has 0 saturated heterocycles. The Labute approximate surface area is 222 Å². The molecule has 190 valence electrons. The fourth-order valence-electron chi connectivity index (χ4n) is 4.62. The number of tetrazole rings is 1. The second kappa shape index (κ2) is 9.71. The van der Waals surface area contributed by atoms with E-state index in [1.807, 2.05) is 23.0 Å². The Morgan fingerprint density at radius 3 is 2.58 bits per heavy atom. The molecule has 11 heteroatoms. The quantitative estimate of drug-likeness (QED) is 0.231. The Balaban J connectivity index is 1.35. The number of carboxylic acid groups (broad SMARTS) is 1. The van der Waals surface area contributed by atoms with Gasteiger partial charge in [0.15, 0.2) is 6.20 Å². The van der Waals surface area contributed by atoms with Gasteiger partial charge in [0.05, 0.1) is 17.4 Å². The summed E-state index contributed by atoms with van der Waals surface area (Å²) in [6, 6.07) is 15.5. The minimum absolute atomic E-state index is 0.225. The molecular formula is C27H22ClN7O3. The van der Waals surface area contributed by atoms with Crippen LogP contribution in [0.3, 0.4) is 0 Å². The molecular weight excluding hydrogens is 506 g/mol. The molecule has 0 radical (unpaired) electrons. The number of halogens is 1. The third kappa shape index (κ3) is 4.73. The molecule has 1 saturated carbocycles. The molecule has 0 bridgehead atoms. The minimum atomic E-state index is -0.969. The normalized spacial score (nSPS) is 13.9. The molecule has 38 heavy (non-hydrogen) atoms. The van der Waals surface area contributed by atoms with Gasteiger partial charge in [-0.1, -0.05) is 36.6 Å². The van der Waals surface area contributed by atoms with E-state index in [0.29, 0.717) is 27.9 Å². The van der Waals surface area contributed by atoms with E-state index in [1.54, 1.807) is 54.9 Å². The van der Waals surface area contributed by atoms with E-state index in [1.165, 1.54) is 11.0 Å². The standard InChI is InChI=1S/C27H22ClN7O3/c28-22-8-10-24(34-16-29-31-32-34)23(12-22)20-7-9-25(35(38)15-20)26(11-17-1-2-17)33-14-21(13-30-33)18-3-5-19(6-4-18)27(36)37/h3-10,12-17,26H,1-2,11H2,(H,36,37). The molecule has 1 fully saturated rings. The Kier molecular flexibility index (Phi) is 6.09. The summed E-state index contributed by atoms with van der Waals surface area (Å²) in [6.07, 6.45) is 9.75. The first kappa shape index (κ1) is 23.8. The molecule has 10 nitrogen and oxygen atoms in total. The van der Waals surface area contributed by atoms with E-state index in [-0.39, 0.29) is 11.6 Å². The number of pyridine rings is 1. The Hall–Kier alpha value is -4.57. The van der Waals surface area contributed by atoms with Crippen LogP contribution in [-0.4, -0.2) is 41.1 Å². The van der Waals surface area contributed by atoms with Gasteiger partial charge >= 0.3 is 5.97 Å². The van der Waals surface area contributed by atoms with Gasteiger partial charge in [0.1, 0.15) is 12.4 Å². The lowest BCUT2D eigenvalue weighted by Crippen LogP contribution is -2.35. The molecule has 3 aromatic heterocycles. The average molecular weight is 528 g/mol. The van der Waals surface area contributed by atoms with Crippen LogP contribution in [0.5, 0.6) is 0 Å². The van der Waals surface area contributed by atoms with Crippen molar-refractivity contribution < 1.29 is 14.6 Å². The number of hydrogen-bond acceptors (Lipinski definition) is 6. The Morgan fingerprint density at radius 1 is 1.11 bits per heavy atom. The zero-order valence-electron chi connectivity index (χ0n) is 20.1. The van der Waals surface area contributed by atoms with Crippen molar-refractivity contribution in [2.45, 2.75) is 25.3 Å². The number of rotatable bonds is 8. The zero-order valence-corrected chi connectivity index (χ0v) is 20.8. The number of aromatic carboxylic acids is 1. The van der Waals surface area contributed by atoms with Gasteiger partial charge in [-0.15, -0.1) is 5.10 Å². The van der Waals surface area contributed by atoms with Crippen LogP contribution in [0.25, 0.3) is 27.9 Å². The van der Waals surface area contributed by atoms with Crippen LogP contribution in [0.2, 0.25) is 5.02 Å². The van der Waals surface area contributed by atoms with Gasteiger partial charge in [0.2, 0.25) is 5.69 Å². The van der Waals surface area contributed by atoms with Crippen LogP contribution >= 0.6 is 11.6 Å². The predicted octanol–water partition coefficient (Wildman–Crippen LogP) is 4.57. The summed E-state index contributed by atoms with van der Waals surface area (Å²) in [5.74, 6) is -0.426. The van der Waals surface area contributed by atoms with Crippen molar-refractivity contribution in [2.24, 2.45) is 5.92 Å². The SMILES string of the molecule is O=C(O)c1ccc(-c2cnn(C(CC3CC3)c3ccc(-c4cc(Cl)ccc4-n4cnnn4)c[n+]3[O-])c2)cc1. The van der Waals surface area contributed by atoms with Crippen LogP contribution in [0.15, 0.2) is 79.5 Å².